The summed E-state index contributed by atoms with van der Waals surface area (Å²) in [6, 6.07) is 14.3. The average molecular weight is 382 g/mol. The van der Waals surface area contributed by atoms with Crippen molar-refractivity contribution in [3.8, 4) is 0 Å². The summed E-state index contributed by atoms with van der Waals surface area (Å²) in [5.41, 5.74) is 3.39. The minimum absolute atomic E-state index is 0.00327. The van der Waals surface area contributed by atoms with Crippen LogP contribution in [0.15, 0.2) is 58.7 Å². The molecule has 0 aromatic heterocycles. The second kappa shape index (κ2) is 8.13. The highest BCUT2D eigenvalue weighted by atomic mass is 32.2. The number of thioether (sulfide) groups is 1. The van der Waals surface area contributed by atoms with Crippen LogP contribution in [0, 0.1) is 17.0 Å². The fourth-order valence-electron chi connectivity index (χ4n) is 2.66. The molecule has 1 atom stereocenters. The van der Waals surface area contributed by atoms with E-state index in [1.54, 1.807) is 19.1 Å². The molecule has 0 bridgehead atoms. The van der Waals surface area contributed by atoms with Crippen LogP contribution in [-0.2, 0) is 11.2 Å². The van der Waals surface area contributed by atoms with E-state index < -0.39 is 4.92 Å². The summed E-state index contributed by atoms with van der Waals surface area (Å²) >= 11 is 1.34. The summed E-state index contributed by atoms with van der Waals surface area (Å²) in [6.07, 6.45) is 0.616. The Morgan fingerprint density at radius 3 is 2.78 bits per heavy atom. The zero-order chi connectivity index (χ0) is 19.4. The lowest BCUT2D eigenvalue weighted by Gasteiger charge is -2.05. The van der Waals surface area contributed by atoms with E-state index in [4.69, 9.17) is 0 Å². The molecule has 2 aromatic carbocycles. The summed E-state index contributed by atoms with van der Waals surface area (Å²) < 4.78 is 0. The van der Waals surface area contributed by atoms with Crippen molar-refractivity contribution < 1.29 is 9.72 Å². The molecule has 1 saturated heterocycles. The van der Waals surface area contributed by atoms with Gasteiger partial charge in [0.2, 0.25) is 5.91 Å². The van der Waals surface area contributed by atoms with E-state index in [1.165, 1.54) is 23.9 Å². The summed E-state index contributed by atoms with van der Waals surface area (Å²) in [5.74, 6) is -0.0940. The molecule has 0 aliphatic carbocycles. The number of amidine groups is 1. The predicted octanol–water partition coefficient (Wildman–Crippen LogP) is 3.46. The monoisotopic (exact) mass is 382 g/mol. The lowest BCUT2D eigenvalue weighted by atomic mass is 10.1. The number of hydrogen-bond donors (Lipinski definition) is 1. The fourth-order valence-corrected chi connectivity index (χ4v) is 3.62. The lowest BCUT2D eigenvalue weighted by Crippen LogP contribution is -2.26. The Labute approximate surface area is 160 Å². The number of carbonyl (C=O) groups excluding carboxylic acids is 1. The summed E-state index contributed by atoms with van der Waals surface area (Å²) in [6.45, 7) is 3.73. The molecule has 27 heavy (non-hydrogen) atoms. The first-order valence-electron chi connectivity index (χ1n) is 8.32. The van der Waals surface area contributed by atoms with Crippen molar-refractivity contribution in [2.45, 2.75) is 25.5 Å². The van der Waals surface area contributed by atoms with Gasteiger partial charge >= 0.3 is 0 Å². The first-order chi connectivity index (χ1) is 12.9. The summed E-state index contributed by atoms with van der Waals surface area (Å²) in [5, 5.41) is 22.0. The molecule has 3 rings (SSSR count). The highest BCUT2D eigenvalue weighted by Gasteiger charge is 2.30. The molecule has 1 aliphatic heterocycles. The van der Waals surface area contributed by atoms with Crippen LogP contribution < -0.4 is 5.32 Å². The molecule has 0 spiro atoms. The van der Waals surface area contributed by atoms with E-state index in [1.807, 2.05) is 25.1 Å². The fraction of sp³-hybridized carbons (Fsp3) is 0.211. The van der Waals surface area contributed by atoms with Crippen LogP contribution >= 0.6 is 11.8 Å². The van der Waals surface area contributed by atoms with Crippen molar-refractivity contribution in [2.24, 2.45) is 10.2 Å². The van der Waals surface area contributed by atoms with Crippen LogP contribution in [0.1, 0.15) is 23.6 Å². The van der Waals surface area contributed by atoms with Gasteiger partial charge in [-0.05, 0) is 25.8 Å². The van der Waals surface area contributed by atoms with Crippen molar-refractivity contribution in [3.05, 3.63) is 75.3 Å². The smallest absolute Gasteiger partial charge is 0.270 e. The van der Waals surface area contributed by atoms with E-state index in [9.17, 15) is 14.9 Å². The second-order valence-corrected chi connectivity index (χ2v) is 7.38. The van der Waals surface area contributed by atoms with Gasteiger partial charge in [-0.1, -0.05) is 53.7 Å². The maximum atomic E-state index is 12.2. The molecule has 1 heterocycles. The van der Waals surface area contributed by atoms with E-state index in [0.29, 0.717) is 22.9 Å². The van der Waals surface area contributed by atoms with Crippen LogP contribution in [0.25, 0.3) is 0 Å². The SMILES string of the molecule is C/C(=N\N=C1/NC(=O)C(Cc2cccc(C)c2)S1)c1cccc([N+](=O)[O-])c1. The predicted molar refractivity (Wildman–Crippen MR) is 107 cm³/mol. The number of nitrogens with one attached hydrogen (secondary N) is 1. The molecular formula is C19H18N4O3S. The third-order valence-corrected chi connectivity index (χ3v) is 5.12. The van der Waals surface area contributed by atoms with Gasteiger partial charge in [-0.15, -0.1) is 5.10 Å². The molecule has 8 heteroatoms. The van der Waals surface area contributed by atoms with Gasteiger partial charge in [0.25, 0.3) is 5.69 Å². The minimum atomic E-state index is -0.453. The third-order valence-electron chi connectivity index (χ3n) is 4.05. The first-order valence-corrected chi connectivity index (χ1v) is 9.20. The van der Waals surface area contributed by atoms with Crippen molar-refractivity contribution in [1.29, 1.82) is 0 Å². The Kier molecular flexibility index (Phi) is 5.66. The molecule has 138 valence electrons. The average Bonchev–Trinajstić information content (AvgIpc) is 2.99. The zero-order valence-electron chi connectivity index (χ0n) is 14.9. The number of benzene rings is 2. The number of non-ortho nitro benzene ring substituents is 1. The van der Waals surface area contributed by atoms with Crippen molar-refractivity contribution in [3.63, 3.8) is 0 Å². The van der Waals surface area contributed by atoms with Crippen LogP contribution in [0.4, 0.5) is 5.69 Å². The largest absolute Gasteiger partial charge is 0.303 e. The molecule has 0 radical (unpaired) electrons. The number of aryl methyl sites for hydroxylation is 1. The summed E-state index contributed by atoms with van der Waals surface area (Å²) in [7, 11) is 0. The Bertz CT molecular complexity index is 955. The van der Waals surface area contributed by atoms with E-state index in [0.717, 1.165) is 11.1 Å². The lowest BCUT2D eigenvalue weighted by molar-refractivity contribution is -0.384. The van der Waals surface area contributed by atoms with E-state index in [2.05, 4.69) is 21.6 Å². The highest BCUT2D eigenvalue weighted by molar-refractivity contribution is 8.15. The Balaban J connectivity index is 1.70. The van der Waals surface area contributed by atoms with Gasteiger partial charge in [0, 0.05) is 17.7 Å². The van der Waals surface area contributed by atoms with Crippen molar-refractivity contribution in [2.75, 3.05) is 0 Å². The topological polar surface area (TPSA) is 97.0 Å². The van der Waals surface area contributed by atoms with Gasteiger partial charge in [0.05, 0.1) is 15.9 Å². The molecule has 1 N–H and O–H groups in total. The number of amides is 1. The maximum Gasteiger partial charge on any atom is 0.270 e. The number of hydrogen-bond acceptors (Lipinski definition) is 6. The third kappa shape index (κ3) is 4.79. The normalized spacial score (nSPS) is 18.6. The molecule has 1 fully saturated rings. The number of carbonyl (C=O) groups is 1. The van der Waals surface area contributed by atoms with Crippen LogP contribution in [0.5, 0.6) is 0 Å². The van der Waals surface area contributed by atoms with E-state index in [-0.39, 0.29) is 16.8 Å². The van der Waals surface area contributed by atoms with Crippen LogP contribution in [-0.4, -0.2) is 27.0 Å². The highest BCUT2D eigenvalue weighted by Crippen LogP contribution is 2.24. The molecule has 2 aromatic rings. The van der Waals surface area contributed by atoms with Crippen molar-refractivity contribution in [1.82, 2.24) is 5.32 Å². The van der Waals surface area contributed by atoms with Gasteiger partial charge in [-0.25, -0.2) is 0 Å². The molecule has 1 amide bonds. The molecule has 7 nitrogen and oxygen atoms in total. The second-order valence-electron chi connectivity index (χ2n) is 6.19. The Morgan fingerprint density at radius 1 is 1.26 bits per heavy atom. The number of nitrogens with zero attached hydrogens (tertiary/aromatic N) is 3. The quantitative estimate of drug-likeness (QED) is 0.486. The van der Waals surface area contributed by atoms with Gasteiger partial charge in [0.1, 0.15) is 0 Å². The number of nitro groups is 1. The maximum absolute atomic E-state index is 12.2. The van der Waals surface area contributed by atoms with Gasteiger partial charge < -0.3 is 5.32 Å². The number of rotatable bonds is 5. The molecule has 1 unspecified atom stereocenters. The van der Waals surface area contributed by atoms with Crippen molar-refractivity contribution >= 4 is 34.2 Å². The van der Waals surface area contributed by atoms with Gasteiger partial charge in [-0.3, -0.25) is 14.9 Å². The van der Waals surface area contributed by atoms with Crippen LogP contribution in [0.2, 0.25) is 0 Å². The molecular weight excluding hydrogens is 364 g/mol. The van der Waals surface area contributed by atoms with E-state index >= 15 is 0 Å². The summed E-state index contributed by atoms with van der Waals surface area (Å²) in [4.78, 5) is 22.6. The zero-order valence-corrected chi connectivity index (χ0v) is 15.7. The number of nitro benzene ring substituents is 1. The first kappa shape index (κ1) is 18.8. The van der Waals surface area contributed by atoms with Gasteiger partial charge in [-0.2, -0.15) is 5.10 Å². The molecule has 1 aliphatic rings. The Morgan fingerprint density at radius 2 is 2.04 bits per heavy atom. The molecule has 0 saturated carbocycles. The van der Waals surface area contributed by atoms with Gasteiger partial charge in [0.15, 0.2) is 5.17 Å². The van der Waals surface area contributed by atoms with Crippen LogP contribution in [0.3, 0.4) is 0 Å². The Hall–Kier alpha value is -3.00. The minimum Gasteiger partial charge on any atom is -0.303 e. The standard InChI is InChI=1S/C19H18N4O3S/c1-12-5-3-6-14(9-12)10-17-18(24)20-19(27-17)22-21-13(2)15-7-4-8-16(11-15)23(25)26/h3-9,11,17H,10H2,1-2H3,(H,20,22,24)/b21-13+.